The third-order valence-electron chi connectivity index (χ3n) is 1.34. The van der Waals surface area contributed by atoms with Crippen LogP contribution in [0.1, 0.15) is 17.3 Å². The van der Waals surface area contributed by atoms with Gasteiger partial charge in [-0.25, -0.2) is 0 Å². The van der Waals surface area contributed by atoms with Crippen molar-refractivity contribution < 1.29 is 9.53 Å². The molecule has 2 N–H and O–H groups in total. The van der Waals surface area contributed by atoms with Crippen molar-refractivity contribution in [3.8, 4) is 0 Å². The molecule has 0 atom stereocenters. The molecule has 0 heterocycles. The fraction of sp³-hybridized carbons (Fsp3) is 0.300. The average molecular weight is 181 g/mol. The van der Waals surface area contributed by atoms with Crippen LogP contribution in [0.2, 0.25) is 0 Å². The number of rotatable bonds is 2. The first-order valence-corrected chi connectivity index (χ1v) is 4.04. The molecule has 3 heteroatoms. The molecule has 1 aromatic carbocycles. The van der Waals surface area contributed by atoms with Crippen LogP contribution in [0.3, 0.4) is 0 Å². The van der Waals surface area contributed by atoms with Crippen molar-refractivity contribution >= 4 is 12.0 Å². The van der Waals surface area contributed by atoms with E-state index >= 15 is 0 Å². The van der Waals surface area contributed by atoms with Gasteiger partial charge in [-0.2, -0.15) is 0 Å². The van der Waals surface area contributed by atoms with E-state index in [9.17, 15) is 4.79 Å². The zero-order valence-electron chi connectivity index (χ0n) is 7.99. The minimum Gasteiger partial charge on any atom is -0.399 e. The Morgan fingerprint density at radius 2 is 2.15 bits per heavy atom. The lowest BCUT2D eigenvalue weighted by molar-refractivity contribution is 0.112. The summed E-state index contributed by atoms with van der Waals surface area (Å²) in [5.74, 6) is 0. The van der Waals surface area contributed by atoms with Gasteiger partial charge in [0, 0.05) is 25.0 Å². The van der Waals surface area contributed by atoms with E-state index in [1.54, 1.807) is 31.4 Å². The van der Waals surface area contributed by atoms with Gasteiger partial charge in [-0.05, 0) is 19.1 Å². The quantitative estimate of drug-likeness (QED) is 0.558. The predicted molar refractivity (Wildman–Crippen MR) is 53.8 cm³/mol. The first-order chi connectivity index (χ1) is 6.24. The minimum absolute atomic E-state index is 0.620. The van der Waals surface area contributed by atoms with Gasteiger partial charge in [0.1, 0.15) is 6.29 Å². The van der Waals surface area contributed by atoms with Crippen molar-refractivity contribution in [1.29, 1.82) is 0 Å². The number of nitrogens with two attached hydrogens (primary N) is 1. The molecule has 0 amide bonds. The number of carbonyl (C=O) groups is 1. The average Bonchev–Trinajstić information content (AvgIpc) is 2.18. The van der Waals surface area contributed by atoms with Gasteiger partial charge in [-0.1, -0.05) is 12.1 Å². The number of hydrogen-bond donors (Lipinski definition) is 1. The van der Waals surface area contributed by atoms with E-state index in [1.165, 1.54) is 0 Å². The summed E-state index contributed by atoms with van der Waals surface area (Å²) in [5.41, 5.74) is 6.62. The second kappa shape index (κ2) is 7.31. The molecule has 0 aliphatic carbocycles. The second-order valence-electron chi connectivity index (χ2n) is 2.37. The molecule has 0 bridgehead atoms. The Balaban J connectivity index is 0.000000310. The molecule has 0 aromatic heterocycles. The van der Waals surface area contributed by atoms with Crippen LogP contribution in [-0.2, 0) is 4.74 Å². The summed E-state index contributed by atoms with van der Waals surface area (Å²) in [6.07, 6.45) is 0.774. The Hall–Kier alpha value is -1.35. The Labute approximate surface area is 78.5 Å². The molecular formula is C10H15NO2. The highest BCUT2D eigenvalue weighted by Gasteiger charge is 1.86. The van der Waals surface area contributed by atoms with E-state index in [2.05, 4.69) is 4.74 Å². The molecule has 0 fully saturated rings. The molecule has 1 rings (SSSR count). The van der Waals surface area contributed by atoms with Gasteiger partial charge < -0.3 is 10.5 Å². The van der Waals surface area contributed by atoms with Crippen molar-refractivity contribution in [1.82, 2.24) is 0 Å². The van der Waals surface area contributed by atoms with Crippen molar-refractivity contribution in [2.75, 3.05) is 19.5 Å². The monoisotopic (exact) mass is 181 g/mol. The maximum Gasteiger partial charge on any atom is 0.150 e. The molecule has 0 radical (unpaired) electrons. The van der Waals surface area contributed by atoms with Crippen LogP contribution in [0.4, 0.5) is 5.69 Å². The summed E-state index contributed by atoms with van der Waals surface area (Å²) in [6.45, 7) is 2.78. The number of aldehydes is 1. The molecular weight excluding hydrogens is 166 g/mol. The number of carbonyl (C=O) groups excluding carboxylic acids is 1. The lowest BCUT2D eigenvalue weighted by Crippen LogP contribution is -1.85. The molecule has 0 aliphatic rings. The second-order valence-corrected chi connectivity index (χ2v) is 2.37. The van der Waals surface area contributed by atoms with Gasteiger partial charge in [-0.3, -0.25) is 4.79 Å². The van der Waals surface area contributed by atoms with E-state index in [1.807, 2.05) is 6.92 Å². The predicted octanol–water partition coefficient (Wildman–Crippen LogP) is 1.73. The van der Waals surface area contributed by atoms with Crippen LogP contribution in [0, 0.1) is 0 Å². The Kier molecular flexibility index (Phi) is 6.55. The number of ether oxygens (including phenoxy) is 1. The molecule has 0 saturated carbocycles. The first-order valence-electron chi connectivity index (χ1n) is 4.04. The topological polar surface area (TPSA) is 52.3 Å². The number of methoxy groups -OCH3 is 1. The number of anilines is 1. The maximum absolute atomic E-state index is 10.1. The van der Waals surface area contributed by atoms with Crippen LogP contribution < -0.4 is 5.73 Å². The normalized spacial score (nSPS) is 8.46. The summed E-state index contributed by atoms with van der Waals surface area (Å²) in [7, 11) is 1.68. The zero-order chi connectivity index (χ0) is 10.1. The number of hydrogen-bond acceptors (Lipinski definition) is 3. The number of benzene rings is 1. The Bertz CT molecular complexity index is 246. The number of nitrogen functional groups attached to an aromatic ring is 1. The molecule has 0 unspecified atom stereocenters. The molecule has 3 nitrogen and oxygen atoms in total. The highest BCUT2D eigenvalue weighted by Crippen LogP contribution is 2.02. The highest BCUT2D eigenvalue weighted by molar-refractivity contribution is 5.76. The summed E-state index contributed by atoms with van der Waals surface area (Å²) < 4.78 is 4.54. The minimum atomic E-state index is 0.620. The largest absolute Gasteiger partial charge is 0.399 e. The van der Waals surface area contributed by atoms with Crippen LogP contribution in [-0.4, -0.2) is 20.0 Å². The molecule has 0 aliphatic heterocycles. The van der Waals surface area contributed by atoms with E-state index < -0.39 is 0 Å². The van der Waals surface area contributed by atoms with Crippen molar-refractivity contribution in [2.45, 2.75) is 6.92 Å². The van der Waals surface area contributed by atoms with Crippen LogP contribution in [0.5, 0.6) is 0 Å². The fourth-order valence-corrected chi connectivity index (χ4v) is 0.632. The lowest BCUT2D eigenvalue weighted by atomic mass is 10.2. The summed E-state index contributed by atoms with van der Waals surface area (Å²) in [5, 5.41) is 0. The van der Waals surface area contributed by atoms with Crippen LogP contribution in [0.15, 0.2) is 24.3 Å². The van der Waals surface area contributed by atoms with E-state index in [0.29, 0.717) is 11.3 Å². The Morgan fingerprint density at radius 3 is 2.46 bits per heavy atom. The van der Waals surface area contributed by atoms with Gasteiger partial charge >= 0.3 is 0 Å². The van der Waals surface area contributed by atoms with Gasteiger partial charge in [0.05, 0.1) is 0 Å². The zero-order valence-corrected chi connectivity index (χ0v) is 7.99. The van der Waals surface area contributed by atoms with Gasteiger partial charge in [0.2, 0.25) is 0 Å². The molecule has 13 heavy (non-hydrogen) atoms. The van der Waals surface area contributed by atoms with Gasteiger partial charge in [0.15, 0.2) is 0 Å². The fourth-order valence-electron chi connectivity index (χ4n) is 0.632. The lowest BCUT2D eigenvalue weighted by Gasteiger charge is -1.90. The van der Waals surface area contributed by atoms with E-state index in [0.717, 1.165) is 12.9 Å². The first kappa shape index (κ1) is 11.6. The third-order valence-corrected chi connectivity index (χ3v) is 1.34. The van der Waals surface area contributed by atoms with E-state index in [4.69, 9.17) is 5.73 Å². The SMILES string of the molecule is CCOC.Nc1cccc(C=O)c1. The van der Waals surface area contributed by atoms with Crippen LogP contribution >= 0.6 is 0 Å². The summed E-state index contributed by atoms with van der Waals surface area (Å²) >= 11 is 0. The van der Waals surface area contributed by atoms with Gasteiger partial charge in [-0.15, -0.1) is 0 Å². The third kappa shape index (κ3) is 5.87. The van der Waals surface area contributed by atoms with Crippen LogP contribution in [0.25, 0.3) is 0 Å². The molecule has 72 valence electrons. The summed E-state index contributed by atoms with van der Waals surface area (Å²) in [6, 6.07) is 6.84. The van der Waals surface area contributed by atoms with Gasteiger partial charge in [0.25, 0.3) is 0 Å². The van der Waals surface area contributed by atoms with E-state index in [-0.39, 0.29) is 0 Å². The molecule has 1 aromatic rings. The van der Waals surface area contributed by atoms with Crippen molar-refractivity contribution in [3.63, 3.8) is 0 Å². The summed E-state index contributed by atoms with van der Waals surface area (Å²) in [4.78, 5) is 10.1. The smallest absolute Gasteiger partial charge is 0.150 e. The standard InChI is InChI=1S/C7H7NO.C3H8O/c8-7-3-1-2-6(4-7)5-9;1-3-4-2/h1-5H,8H2;3H2,1-2H3. The van der Waals surface area contributed by atoms with Crippen molar-refractivity contribution in [3.05, 3.63) is 29.8 Å². The maximum atomic E-state index is 10.1. The van der Waals surface area contributed by atoms with Crippen molar-refractivity contribution in [2.24, 2.45) is 0 Å². The molecule has 0 saturated heterocycles. The molecule has 0 spiro atoms. The highest BCUT2D eigenvalue weighted by atomic mass is 16.5. The Morgan fingerprint density at radius 1 is 1.54 bits per heavy atom.